The average Bonchev–Trinajstić information content (AvgIpc) is 2.78. The summed E-state index contributed by atoms with van der Waals surface area (Å²) in [6.07, 6.45) is 0. The molecule has 0 unspecified atom stereocenters. The number of fused-ring (bicyclic) bond motifs is 2. The van der Waals surface area contributed by atoms with Gasteiger partial charge in [0.2, 0.25) is 10.0 Å². The molecule has 0 heterocycles. The summed E-state index contributed by atoms with van der Waals surface area (Å²) in [5.41, 5.74) is 3.75. The molecule has 0 bridgehead atoms. The molecule has 4 N–H and O–H groups in total. The van der Waals surface area contributed by atoms with E-state index in [1.807, 2.05) is 0 Å². The lowest BCUT2D eigenvalue weighted by atomic mass is 9.82. The smallest absolute Gasteiger partial charge is 0.296 e. The van der Waals surface area contributed by atoms with E-state index in [-0.39, 0.29) is 16.8 Å². The number of carbonyl (C=O) groups is 2. The highest BCUT2D eigenvalue weighted by Crippen LogP contribution is 2.43. The van der Waals surface area contributed by atoms with Crippen LogP contribution in [0.3, 0.4) is 0 Å². The average molecular weight is 503 g/mol. The number of para-hydroxylation sites is 1. The van der Waals surface area contributed by atoms with Crippen molar-refractivity contribution in [3.8, 4) is 0 Å². The lowest BCUT2D eigenvalue weighted by molar-refractivity contribution is 0.0980. The Kier molecular flexibility index (Phi) is 5.77. The number of carbonyl (C=O) groups excluding carboxylic acids is 2. The van der Waals surface area contributed by atoms with E-state index in [0.717, 1.165) is 6.07 Å². The van der Waals surface area contributed by atoms with Gasteiger partial charge in [-0.2, -0.15) is 8.42 Å². The van der Waals surface area contributed by atoms with Gasteiger partial charge in [-0.05, 0) is 18.2 Å². The van der Waals surface area contributed by atoms with Crippen molar-refractivity contribution in [3.63, 3.8) is 0 Å². The van der Waals surface area contributed by atoms with E-state index in [2.05, 4.69) is 0 Å². The molecule has 4 rings (SSSR count). The summed E-state index contributed by atoms with van der Waals surface area (Å²) in [5.74, 6) is -2.34. The number of hydrogen-bond acceptors (Lipinski definition) is 8. The largest absolute Gasteiger partial charge is 0.397 e. The Labute approximate surface area is 195 Å². The van der Waals surface area contributed by atoms with Crippen molar-refractivity contribution in [2.75, 3.05) is 22.4 Å². The van der Waals surface area contributed by atoms with E-state index in [1.54, 1.807) is 6.07 Å². The van der Waals surface area contributed by atoms with Gasteiger partial charge in [0, 0.05) is 11.1 Å². The molecule has 1 aliphatic carbocycles. The first-order chi connectivity index (χ1) is 16.0. The van der Waals surface area contributed by atoms with Crippen LogP contribution in [0.25, 0.3) is 0 Å². The molecule has 3 aromatic rings. The Balaban J connectivity index is 2.18. The molecule has 0 saturated heterocycles. The Morgan fingerprint density at radius 1 is 0.824 bits per heavy atom. The lowest BCUT2D eigenvalue weighted by Crippen LogP contribution is -2.34. The summed E-state index contributed by atoms with van der Waals surface area (Å²) in [4.78, 5) is 25.9. The van der Waals surface area contributed by atoms with Gasteiger partial charge in [-0.1, -0.05) is 42.5 Å². The second-order valence-corrected chi connectivity index (χ2v) is 10.7. The number of nitrogens with zero attached hydrogens (tertiary/aromatic N) is 1. The highest BCUT2D eigenvalue weighted by atomic mass is 32.2. The lowest BCUT2D eigenvalue weighted by Gasteiger charge is -2.30. The van der Waals surface area contributed by atoms with Crippen LogP contribution in [0.2, 0.25) is 0 Å². The van der Waals surface area contributed by atoms with E-state index in [9.17, 15) is 36.1 Å². The number of hydrogen-bond donors (Lipinski definition) is 3. The molecule has 1 aliphatic rings. The van der Waals surface area contributed by atoms with Gasteiger partial charge in [-0.25, -0.2) is 12.7 Å². The number of nitrogens with two attached hydrogens (primary N) is 1. The van der Waals surface area contributed by atoms with Crippen LogP contribution in [0.5, 0.6) is 0 Å². The number of nitrogen functional groups attached to an aromatic ring is 1. The van der Waals surface area contributed by atoms with Gasteiger partial charge < -0.3 is 10.8 Å². The first-order valence-electron chi connectivity index (χ1n) is 9.80. The van der Waals surface area contributed by atoms with Crippen molar-refractivity contribution in [3.05, 3.63) is 82.9 Å². The highest BCUT2D eigenvalue weighted by Gasteiger charge is 2.40. The molecular formula is C22H18N2O8S2. The molecule has 0 radical (unpaired) electrons. The van der Waals surface area contributed by atoms with E-state index in [1.165, 1.54) is 48.5 Å². The standard InChI is InChI=1S/C22H18N2O8S2/c23-20-17(34(30,31)32)12-16(24(33(28,29)11-10-25)13-6-2-1-3-7-13)18-19(20)22(27)15-9-5-4-8-14(15)21(18)26/h1-9,12,25H,10-11,23H2,(H,30,31,32). The Bertz CT molecular complexity index is 1550. The minimum atomic E-state index is -5.04. The van der Waals surface area contributed by atoms with E-state index in [0.29, 0.717) is 4.31 Å². The number of sulfonamides is 1. The van der Waals surface area contributed by atoms with Crippen LogP contribution < -0.4 is 10.0 Å². The summed E-state index contributed by atoms with van der Waals surface area (Å²) in [6.45, 7) is -0.774. The van der Waals surface area contributed by atoms with Gasteiger partial charge in [0.1, 0.15) is 4.90 Å². The van der Waals surface area contributed by atoms with Crippen LogP contribution in [0.4, 0.5) is 17.1 Å². The first-order valence-corrected chi connectivity index (χ1v) is 12.8. The van der Waals surface area contributed by atoms with Gasteiger partial charge in [0.25, 0.3) is 10.1 Å². The van der Waals surface area contributed by atoms with Crippen LogP contribution in [0.1, 0.15) is 31.8 Å². The minimum absolute atomic E-state index is 0.00307. The normalized spacial score (nSPS) is 13.4. The maximum absolute atomic E-state index is 13.5. The molecule has 12 heteroatoms. The number of rotatable bonds is 6. The molecule has 0 spiro atoms. The zero-order chi connectivity index (χ0) is 24.8. The zero-order valence-electron chi connectivity index (χ0n) is 17.4. The van der Waals surface area contributed by atoms with Crippen molar-refractivity contribution in [1.29, 1.82) is 0 Å². The predicted octanol–water partition coefficient (Wildman–Crippen LogP) is 1.75. The monoisotopic (exact) mass is 502 g/mol. The van der Waals surface area contributed by atoms with Crippen LogP contribution in [-0.2, 0) is 20.1 Å². The van der Waals surface area contributed by atoms with Gasteiger partial charge >= 0.3 is 0 Å². The molecule has 0 amide bonds. The van der Waals surface area contributed by atoms with Gasteiger partial charge in [-0.3, -0.25) is 14.1 Å². The van der Waals surface area contributed by atoms with Crippen molar-refractivity contribution in [1.82, 2.24) is 0 Å². The molecule has 34 heavy (non-hydrogen) atoms. The summed E-state index contributed by atoms with van der Waals surface area (Å²) in [5, 5.41) is 9.35. The third-order valence-corrected chi connectivity index (χ3v) is 7.85. The molecule has 0 aromatic heterocycles. The molecule has 0 atom stereocenters. The fourth-order valence-corrected chi connectivity index (χ4v) is 5.81. The molecule has 0 aliphatic heterocycles. The first kappa shape index (κ1) is 23.6. The van der Waals surface area contributed by atoms with Crippen molar-refractivity contribution in [2.45, 2.75) is 4.90 Å². The van der Waals surface area contributed by atoms with Gasteiger partial charge in [0.15, 0.2) is 11.6 Å². The van der Waals surface area contributed by atoms with Crippen LogP contribution in [0.15, 0.2) is 65.6 Å². The summed E-state index contributed by atoms with van der Waals surface area (Å²) < 4.78 is 61.2. The highest BCUT2D eigenvalue weighted by molar-refractivity contribution is 7.93. The van der Waals surface area contributed by atoms with Crippen LogP contribution in [0, 0.1) is 0 Å². The number of ketones is 2. The number of benzene rings is 3. The fraction of sp³-hybridized carbons (Fsp3) is 0.0909. The molecule has 0 fully saturated rings. The Morgan fingerprint density at radius 3 is 1.88 bits per heavy atom. The topological polar surface area (TPSA) is 172 Å². The molecule has 3 aromatic carbocycles. The maximum Gasteiger partial charge on any atom is 0.296 e. The quantitative estimate of drug-likeness (QED) is 0.262. The minimum Gasteiger partial charge on any atom is -0.397 e. The van der Waals surface area contributed by atoms with E-state index < -0.39 is 71.5 Å². The van der Waals surface area contributed by atoms with Gasteiger partial charge in [-0.15, -0.1) is 0 Å². The maximum atomic E-state index is 13.5. The third-order valence-electron chi connectivity index (χ3n) is 5.29. The second-order valence-electron chi connectivity index (χ2n) is 7.38. The molecule has 176 valence electrons. The van der Waals surface area contributed by atoms with E-state index >= 15 is 0 Å². The predicted molar refractivity (Wildman–Crippen MR) is 123 cm³/mol. The van der Waals surface area contributed by atoms with Crippen LogP contribution >= 0.6 is 0 Å². The Morgan fingerprint density at radius 2 is 1.35 bits per heavy atom. The number of anilines is 3. The molecule has 10 nitrogen and oxygen atoms in total. The third kappa shape index (κ3) is 3.76. The summed E-state index contributed by atoms with van der Waals surface area (Å²) in [7, 11) is -9.44. The van der Waals surface area contributed by atoms with Gasteiger partial charge in [0.05, 0.1) is 40.5 Å². The summed E-state index contributed by atoms with van der Waals surface area (Å²) >= 11 is 0. The Hall–Kier alpha value is -3.58. The van der Waals surface area contributed by atoms with Crippen molar-refractivity contribution in [2.24, 2.45) is 0 Å². The van der Waals surface area contributed by atoms with Crippen molar-refractivity contribution >= 4 is 48.8 Å². The second kappa shape index (κ2) is 8.33. The fourth-order valence-electron chi connectivity index (χ4n) is 3.87. The molecule has 0 saturated carbocycles. The number of aliphatic hydroxyl groups is 1. The zero-order valence-corrected chi connectivity index (χ0v) is 19.0. The van der Waals surface area contributed by atoms with Crippen molar-refractivity contribution < 1.29 is 36.1 Å². The van der Waals surface area contributed by atoms with Crippen LogP contribution in [-0.4, -0.2) is 50.4 Å². The number of aliphatic hydroxyl groups excluding tert-OH is 1. The van der Waals surface area contributed by atoms with E-state index in [4.69, 9.17) is 5.73 Å². The molecular weight excluding hydrogens is 484 g/mol. The SMILES string of the molecule is Nc1c(S(=O)(=O)O)cc(N(c2ccccc2)S(=O)(=O)CCO)c2c1C(=O)c1ccccc1C2=O. The summed E-state index contributed by atoms with van der Waals surface area (Å²) in [6, 6.07) is 13.9.